The number of nitrogens with two attached hydrogens (primary N) is 1. The molecule has 1 atom stereocenters. The number of carbonyl (C=O) groups is 1. The maximum atomic E-state index is 14.2. The minimum atomic E-state index is -0.505. The Morgan fingerprint density at radius 1 is 1.14 bits per heavy atom. The van der Waals surface area contributed by atoms with Crippen molar-refractivity contribution < 1.29 is 18.3 Å². The van der Waals surface area contributed by atoms with Crippen LogP contribution in [0.3, 0.4) is 0 Å². The first-order chi connectivity index (χ1) is 14.0. The van der Waals surface area contributed by atoms with Gasteiger partial charge in [0.15, 0.2) is 0 Å². The average molecular weight is 402 g/mol. The van der Waals surface area contributed by atoms with Crippen molar-refractivity contribution >= 4 is 5.97 Å². The van der Waals surface area contributed by atoms with Crippen molar-refractivity contribution in [2.75, 3.05) is 26.9 Å². The minimum absolute atomic E-state index is 0.112. The molecule has 0 heterocycles. The van der Waals surface area contributed by atoms with Crippen molar-refractivity contribution in [1.82, 2.24) is 4.90 Å². The fraction of sp³-hybridized carbons (Fsp3) is 0.435. The van der Waals surface area contributed by atoms with Crippen molar-refractivity contribution in [3.05, 3.63) is 71.3 Å². The van der Waals surface area contributed by atoms with E-state index in [1.54, 1.807) is 24.3 Å². The molecule has 2 aromatic rings. The van der Waals surface area contributed by atoms with E-state index in [9.17, 15) is 13.6 Å². The Hall–Kier alpha value is -2.31. The van der Waals surface area contributed by atoms with Gasteiger partial charge in [-0.2, -0.15) is 0 Å². The molecule has 3 rings (SSSR count). The summed E-state index contributed by atoms with van der Waals surface area (Å²) in [6, 6.07) is 13.3. The molecule has 1 aliphatic carbocycles. The summed E-state index contributed by atoms with van der Waals surface area (Å²) in [4.78, 5) is 13.3. The van der Waals surface area contributed by atoms with E-state index in [2.05, 4.69) is 0 Å². The van der Waals surface area contributed by atoms with Crippen LogP contribution in [0.25, 0.3) is 0 Å². The van der Waals surface area contributed by atoms with Crippen LogP contribution in [0.5, 0.6) is 0 Å². The lowest BCUT2D eigenvalue weighted by Crippen LogP contribution is -2.45. The van der Waals surface area contributed by atoms with Gasteiger partial charge in [-0.15, -0.1) is 0 Å². The third-order valence-electron chi connectivity index (χ3n) is 5.89. The number of hydrogen-bond acceptors (Lipinski definition) is 4. The van der Waals surface area contributed by atoms with Crippen molar-refractivity contribution in [3.63, 3.8) is 0 Å². The van der Waals surface area contributed by atoms with Crippen molar-refractivity contribution in [2.24, 2.45) is 11.7 Å². The largest absolute Gasteiger partial charge is 0.449 e. The number of benzene rings is 2. The summed E-state index contributed by atoms with van der Waals surface area (Å²) in [6.45, 7) is 0.605. The Kier molecular flexibility index (Phi) is 6.98. The number of carbonyl (C=O) groups excluding carboxylic acids is 1. The standard InChI is InChI=1S/C23H28F2N2O2/c1-27(16-29-22(28)14-26)15-19-6-2-3-11-23(19,17-7-4-9-20(24)12-17)18-8-5-10-21(25)13-18/h4-5,7-10,12-13,19H,2-3,6,11,14-16,26H2,1H3. The molecule has 1 fully saturated rings. The molecule has 0 aromatic heterocycles. The first-order valence-electron chi connectivity index (χ1n) is 10.0. The van der Waals surface area contributed by atoms with Crippen LogP contribution in [0.1, 0.15) is 36.8 Å². The molecule has 156 valence electrons. The molecule has 0 spiro atoms. The smallest absolute Gasteiger partial charge is 0.321 e. The molecule has 1 unspecified atom stereocenters. The topological polar surface area (TPSA) is 55.6 Å². The van der Waals surface area contributed by atoms with Crippen molar-refractivity contribution in [1.29, 1.82) is 0 Å². The van der Waals surface area contributed by atoms with E-state index >= 15 is 0 Å². The van der Waals surface area contributed by atoms with E-state index in [0.717, 1.165) is 36.8 Å². The quantitative estimate of drug-likeness (QED) is 0.565. The molecule has 0 amide bonds. The normalized spacial score (nSPS) is 18.6. The molecule has 2 N–H and O–H groups in total. The Morgan fingerprint density at radius 3 is 2.31 bits per heavy atom. The van der Waals surface area contributed by atoms with Crippen LogP contribution in [0.4, 0.5) is 8.78 Å². The van der Waals surface area contributed by atoms with E-state index in [0.29, 0.717) is 6.54 Å². The van der Waals surface area contributed by atoms with Gasteiger partial charge in [-0.3, -0.25) is 9.69 Å². The van der Waals surface area contributed by atoms with E-state index in [1.165, 1.54) is 12.1 Å². The van der Waals surface area contributed by atoms with Gasteiger partial charge in [0.2, 0.25) is 0 Å². The highest BCUT2D eigenvalue weighted by Crippen LogP contribution is 2.49. The molecule has 0 saturated heterocycles. The lowest BCUT2D eigenvalue weighted by molar-refractivity contribution is -0.146. The number of halogens is 2. The Labute approximate surface area is 170 Å². The molecule has 0 aliphatic heterocycles. The zero-order valence-corrected chi connectivity index (χ0v) is 16.7. The van der Waals surface area contributed by atoms with Gasteiger partial charge in [-0.25, -0.2) is 8.78 Å². The molecule has 6 heteroatoms. The minimum Gasteiger partial charge on any atom is -0.449 e. The lowest BCUT2D eigenvalue weighted by atomic mass is 9.59. The van der Waals surface area contributed by atoms with E-state index < -0.39 is 11.4 Å². The van der Waals surface area contributed by atoms with Gasteiger partial charge < -0.3 is 10.5 Å². The number of ether oxygens (including phenoxy) is 1. The molecular weight excluding hydrogens is 374 g/mol. The van der Waals surface area contributed by atoms with Crippen LogP contribution in [0.2, 0.25) is 0 Å². The molecular formula is C23H28F2N2O2. The lowest BCUT2D eigenvalue weighted by Gasteiger charge is -2.46. The maximum absolute atomic E-state index is 14.2. The van der Waals surface area contributed by atoms with Gasteiger partial charge in [0.1, 0.15) is 18.4 Å². The predicted molar refractivity (Wildman–Crippen MR) is 108 cm³/mol. The summed E-state index contributed by atoms with van der Waals surface area (Å²) < 4.78 is 33.5. The summed E-state index contributed by atoms with van der Waals surface area (Å²) in [5.74, 6) is -0.941. The van der Waals surface area contributed by atoms with Crippen molar-refractivity contribution in [2.45, 2.75) is 31.1 Å². The first kappa shape index (κ1) is 21.4. The molecule has 29 heavy (non-hydrogen) atoms. The SMILES string of the molecule is CN(COC(=O)CN)CC1CCCCC1(c1cccc(F)c1)c1cccc(F)c1. The summed E-state index contributed by atoms with van der Waals surface area (Å²) in [5, 5.41) is 0. The molecule has 4 nitrogen and oxygen atoms in total. The monoisotopic (exact) mass is 402 g/mol. The second-order valence-corrected chi connectivity index (χ2v) is 7.82. The number of nitrogens with zero attached hydrogens (tertiary/aromatic N) is 1. The molecule has 0 radical (unpaired) electrons. The van der Waals surface area contributed by atoms with Crippen LogP contribution in [0.15, 0.2) is 48.5 Å². The second kappa shape index (κ2) is 9.46. The predicted octanol–water partition coefficient (Wildman–Crippen LogP) is 3.83. The molecule has 0 bridgehead atoms. The summed E-state index contributed by atoms with van der Waals surface area (Å²) in [5.41, 5.74) is 6.52. The number of rotatable bonds is 7. The van der Waals surface area contributed by atoms with E-state index in [4.69, 9.17) is 10.5 Å². The average Bonchev–Trinajstić information content (AvgIpc) is 2.72. The summed E-state index contributed by atoms with van der Waals surface area (Å²) in [7, 11) is 1.88. The molecule has 1 saturated carbocycles. The van der Waals surface area contributed by atoms with Crippen LogP contribution >= 0.6 is 0 Å². The third kappa shape index (κ3) is 4.82. The van der Waals surface area contributed by atoms with Gasteiger partial charge in [-0.1, -0.05) is 37.1 Å². The second-order valence-electron chi connectivity index (χ2n) is 7.82. The first-order valence-corrected chi connectivity index (χ1v) is 10.0. The van der Waals surface area contributed by atoms with E-state index in [1.807, 2.05) is 24.1 Å². The van der Waals surface area contributed by atoms with Gasteiger partial charge in [-0.05, 0) is 61.2 Å². The summed E-state index contributed by atoms with van der Waals surface area (Å²) >= 11 is 0. The van der Waals surface area contributed by atoms with Crippen LogP contribution in [-0.4, -0.2) is 37.7 Å². The highest BCUT2D eigenvalue weighted by Gasteiger charge is 2.44. The van der Waals surface area contributed by atoms with Crippen LogP contribution in [0, 0.1) is 17.6 Å². The van der Waals surface area contributed by atoms with Gasteiger partial charge >= 0.3 is 5.97 Å². The highest BCUT2D eigenvalue weighted by atomic mass is 19.1. The highest BCUT2D eigenvalue weighted by molar-refractivity contribution is 5.71. The zero-order valence-electron chi connectivity index (χ0n) is 16.7. The van der Waals surface area contributed by atoms with Crippen molar-refractivity contribution in [3.8, 4) is 0 Å². The fourth-order valence-corrected chi connectivity index (χ4v) is 4.62. The molecule has 2 aromatic carbocycles. The van der Waals surface area contributed by atoms with E-state index in [-0.39, 0.29) is 30.8 Å². The Morgan fingerprint density at radius 2 is 1.76 bits per heavy atom. The van der Waals surface area contributed by atoms with Gasteiger partial charge in [0.05, 0.1) is 6.54 Å². The number of hydrogen-bond donors (Lipinski definition) is 1. The third-order valence-corrected chi connectivity index (χ3v) is 5.89. The van der Waals surface area contributed by atoms with Crippen LogP contribution in [-0.2, 0) is 14.9 Å². The fourth-order valence-electron chi connectivity index (χ4n) is 4.62. The number of esters is 1. The molecule has 1 aliphatic rings. The van der Waals surface area contributed by atoms with Gasteiger partial charge in [0, 0.05) is 12.0 Å². The summed E-state index contributed by atoms with van der Waals surface area (Å²) in [6.07, 6.45) is 3.76. The Bertz CT molecular complexity index is 798. The maximum Gasteiger partial charge on any atom is 0.321 e. The van der Waals surface area contributed by atoms with Gasteiger partial charge in [0.25, 0.3) is 0 Å². The zero-order chi connectivity index (χ0) is 20.9. The Balaban J connectivity index is 1.99. The van der Waals surface area contributed by atoms with Crippen LogP contribution < -0.4 is 5.73 Å².